The standard InChI is InChI=1S/C10H16ClN3/c1-7(12)10(2,3)14-9-5-4-8(11)6-13-9/h4-7H,12H2,1-3H3,(H,13,14). The summed E-state index contributed by atoms with van der Waals surface area (Å²) in [6, 6.07) is 3.68. The van der Waals surface area contributed by atoms with E-state index in [-0.39, 0.29) is 11.6 Å². The fourth-order valence-electron chi connectivity index (χ4n) is 0.894. The van der Waals surface area contributed by atoms with E-state index in [1.807, 2.05) is 26.8 Å². The number of hydrogen-bond acceptors (Lipinski definition) is 3. The molecule has 1 aromatic heterocycles. The highest BCUT2D eigenvalue weighted by Crippen LogP contribution is 2.16. The zero-order valence-corrected chi connectivity index (χ0v) is 9.47. The number of anilines is 1. The van der Waals surface area contributed by atoms with Gasteiger partial charge in [-0.3, -0.25) is 0 Å². The average molecular weight is 214 g/mol. The molecule has 3 nitrogen and oxygen atoms in total. The molecule has 0 saturated carbocycles. The maximum absolute atomic E-state index is 5.83. The summed E-state index contributed by atoms with van der Waals surface area (Å²) >= 11 is 5.73. The van der Waals surface area contributed by atoms with E-state index in [9.17, 15) is 0 Å². The first-order valence-corrected chi connectivity index (χ1v) is 4.95. The molecule has 1 heterocycles. The number of aromatic nitrogens is 1. The van der Waals surface area contributed by atoms with Crippen LogP contribution in [0, 0.1) is 0 Å². The van der Waals surface area contributed by atoms with E-state index in [4.69, 9.17) is 17.3 Å². The average Bonchev–Trinajstić information content (AvgIpc) is 2.08. The second-order valence-electron chi connectivity index (χ2n) is 4.00. The van der Waals surface area contributed by atoms with Gasteiger partial charge in [-0.25, -0.2) is 4.98 Å². The Labute approximate surface area is 89.7 Å². The topological polar surface area (TPSA) is 50.9 Å². The minimum atomic E-state index is -0.180. The van der Waals surface area contributed by atoms with Crippen molar-refractivity contribution in [3.8, 4) is 0 Å². The Bertz CT molecular complexity index is 293. The van der Waals surface area contributed by atoms with Crippen molar-refractivity contribution in [2.45, 2.75) is 32.4 Å². The van der Waals surface area contributed by atoms with Crippen LogP contribution in [0.2, 0.25) is 5.02 Å². The molecule has 0 aliphatic heterocycles. The molecule has 0 aliphatic rings. The summed E-state index contributed by atoms with van der Waals surface area (Å²) in [4.78, 5) is 4.15. The third kappa shape index (κ3) is 2.86. The molecule has 3 N–H and O–H groups in total. The summed E-state index contributed by atoms with van der Waals surface area (Å²) in [6.07, 6.45) is 1.61. The number of halogens is 1. The van der Waals surface area contributed by atoms with Gasteiger partial charge in [0.05, 0.1) is 5.02 Å². The largest absolute Gasteiger partial charge is 0.364 e. The molecule has 0 saturated heterocycles. The summed E-state index contributed by atoms with van der Waals surface area (Å²) in [7, 11) is 0. The Kier molecular flexibility index (Phi) is 3.34. The first-order chi connectivity index (χ1) is 6.42. The number of hydrogen-bond donors (Lipinski definition) is 2. The highest BCUT2D eigenvalue weighted by atomic mass is 35.5. The van der Waals surface area contributed by atoms with E-state index in [2.05, 4.69) is 10.3 Å². The molecule has 0 spiro atoms. The van der Waals surface area contributed by atoms with Gasteiger partial charge in [0, 0.05) is 17.8 Å². The monoisotopic (exact) mass is 213 g/mol. The molecule has 0 radical (unpaired) electrons. The van der Waals surface area contributed by atoms with Crippen LogP contribution >= 0.6 is 11.6 Å². The quantitative estimate of drug-likeness (QED) is 0.810. The minimum Gasteiger partial charge on any atom is -0.364 e. The van der Waals surface area contributed by atoms with Gasteiger partial charge in [0.25, 0.3) is 0 Å². The third-order valence-corrected chi connectivity index (χ3v) is 2.54. The third-order valence-electron chi connectivity index (χ3n) is 2.32. The van der Waals surface area contributed by atoms with E-state index in [0.29, 0.717) is 5.02 Å². The minimum absolute atomic E-state index is 0.0416. The van der Waals surface area contributed by atoms with Gasteiger partial charge in [0.1, 0.15) is 5.82 Å². The number of nitrogens with two attached hydrogens (primary N) is 1. The first-order valence-electron chi connectivity index (χ1n) is 4.57. The van der Waals surface area contributed by atoms with Crippen LogP contribution < -0.4 is 11.1 Å². The van der Waals surface area contributed by atoms with Crippen molar-refractivity contribution in [3.05, 3.63) is 23.4 Å². The molecular weight excluding hydrogens is 198 g/mol. The van der Waals surface area contributed by atoms with Crippen molar-refractivity contribution in [2.24, 2.45) is 5.73 Å². The maximum Gasteiger partial charge on any atom is 0.126 e. The molecule has 0 amide bonds. The van der Waals surface area contributed by atoms with Crippen molar-refractivity contribution in [1.29, 1.82) is 0 Å². The number of pyridine rings is 1. The smallest absolute Gasteiger partial charge is 0.126 e. The SMILES string of the molecule is CC(N)C(C)(C)Nc1ccc(Cl)cn1. The van der Waals surface area contributed by atoms with Crippen LogP contribution in [-0.4, -0.2) is 16.6 Å². The highest BCUT2D eigenvalue weighted by Gasteiger charge is 2.22. The van der Waals surface area contributed by atoms with Crippen molar-refractivity contribution in [3.63, 3.8) is 0 Å². The van der Waals surface area contributed by atoms with Crippen LogP contribution in [0.1, 0.15) is 20.8 Å². The highest BCUT2D eigenvalue weighted by molar-refractivity contribution is 6.30. The number of nitrogens with one attached hydrogen (secondary N) is 1. The summed E-state index contributed by atoms with van der Waals surface area (Å²) in [5, 5.41) is 3.88. The van der Waals surface area contributed by atoms with Gasteiger partial charge in [-0.2, -0.15) is 0 Å². The van der Waals surface area contributed by atoms with Gasteiger partial charge < -0.3 is 11.1 Å². The van der Waals surface area contributed by atoms with Crippen molar-refractivity contribution in [1.82, 2.24) is 4.98 Å². The predicted octanol–water partition coefficient (Wildman–Crippen LogP) is 2.27. The molecule has 0 bridgehead atoms. The Hall–Kier alpha value is -0.800. The lowest BCUT2D eigenvalue weighted by Gasteiger charge is -2.30. The maximum atomic E-state index is 5.83. The van der Waals surface area contributed by atoms with Crippen molar-refractivity contribution >= 4 is 17.4 Å². The normalized spacial score (nSPS) is 13.8. The van der Waals surface area contributed by atoms with Crippen LogP contribution in [0.25, 0.3) is 0 Å². The second-order valence-corrected chi connectivity index (χ2v) is 4.43. The van der Waals surface area contributed by atoms with Crippen LogP contribution in [0.3, 0.4) is 0 Å². The molecule has 1 aromatic rings. The van der Waals surface area contributed by atoms with E-state index in [1.54, 1.807) is 12.3 Å². The summed E-state index contributed by atoms with van der Waals surface area (Å²) in [6.45, 7) is 6.03. The van der Waals surface area contributed by atoms with Crippen LogP contribution in [0.15, 0.2) is 18.3 Å². The Morgan fingerprint density at radius 3 is 2.57 bits per heavy atom. The van der Waals surface area contributed by atoms with Gasteiger partial charge in [-0.05, 0) is 32.9 Å². The van der Waals surface area contributed by atoms with Gasteiger partial charge >= 0.3 is 0 Å². The summed E-state index contributed by atoms with van der Waals surface area (Å²) in [5.41, 5.74) is 5.65. The summed E-state index contributed by atoms with van der Waals surface area (Å²) in [5.74, 6) is 0.789. The zero-order valence-electron chi connectivity index (χ0n) is 8.71. The van der Waals surface area contributed by atoms with E-state index in [1.165, 1.54) is 0 Å². The molecule has 0 fully saturated rings. The van der Waals surface area contributed by atoms with Crippen LogP contribution in [0.4, 0.5) is 5.82 Å². The lowest BCUT2D eigenvalue weighted by molar-refractivity contribution is 0.469. The van der Waals surface area contributed by atoms with E-state index < -0.39 is 0 Å². The molecule has 4 heteroatoms. The number of nitrogens with zero attached hydrogens (tertiary/aromatic N) is 1. The van der Waals surface area contributed by atoms with Gasteiger partial charge in [0.2, 0.25) is 0 Å². The Morgan fingerprint density at radius 2 is 2.14 bits per heavy atom. The Morgan fingerprint density at radius 1 is 1.50 bits per heavy atom. The molecule has 1 rings (SSSR count). The molecule has 78 valence electrons. The summed E-state index contributed by atoms with van der Waals surface area (Å²) < 4.78 is 0. The van der Waals surface area contributed by atoms with E-state index in [0.717, 1.165) is 5.82 Å². The fraction of sp³-hybridized carbons (Fsp3) is 0.500. The van der Waals surface area contributed by atoms with Crippen LogP contribution in [0.5, 0.6) is 0 Å². The first kappa shape index (κ1) is 11.3. The molecular formula is C10H16ClN3. The molecule has 1 atom stereocenters. The molecule has 1 unspecified atom stereocenters. The van der Waals surface area contributed by atoms with Gasteiger partial charge in [-0.15, -0.1) is 0 Å². The fourth-order valence-corrected chi connectivity index (χ4v) is 1.01. The predicted molar refractivity (Wildman–Crippen MR) is 60.6 cm³/mol. The second kappa shape index (κ2) is 4.15. The van der Waals surface area contributed by atoms with Gasteiger partial charge in [0.15, 0.2) is 0 Å². The Balaban J connectivity index is 2.74. The molecule has 14 heavy (non-hydrogen) atoms. The number of rotatable bonds is 3. The molecule has 0 aromatic carbocycles. The van der Waals surface area contributed by atoms with Crippen LogP contribution in [-0.2, 0) is 0 Å². The lowest BCUT2D eigenvalue weighted by atomic mass is 9.97. The van der Waals surface area contributed by atoms with E-state index >= 15 is 0 Å². The van der Waals surface area contributed by atoms with Crippen molar-refractivity contribution < 1.29 is 0 Å². The van der Waals surface area contributed by atoms with Crippen molar-refractivity contribution in [2.75, 3.05) is 5.32 Å². The lowest BCUT2D eigenvalue weighted by Crippen LogP contribution is -2.47. The zero-order chi connectivity index (χ0) is 10.8. The molecule has 0 aliphatic carbocycles. The van der Waals surface area contributed by atoms with Gasteiger partial charge in [-0.1, -0.05) is 11.6 Å².